The van der Waals surface area contributed by atoms with Gasteiger partial charge in [0.1, 0.15) is 30.2 Å². The van der Waals surface area contributed by atoms with Gasteiger partial charge < -0.3 is 24.0 Å². The van der Waals surface area contributed by atoms with Crippen LogP contribution in [0.2, 0.25) is 23.4 Å². The third-order valence-electron chi connectivity index (χ3n) is 7.02. The lowest BCUT2D eigenvalue weighted by molar-refractivity contribution is -0.191. The molecule has 190 valence electrons. The number of nitrogens with zero attached hydrogens (tertiary/aromatic N) is 4. The number of anilines is 1. The lowest BCUT2D eigenvalue weighted by atomic mass is 10.1. The van der Waals surface area contributed by atoms with Crippen molar-refractivity contribution in [3.8, 4) is 0 Å². The number of aromatic nitrogens is 4. The van der Waals surface area contributed by atoms with E-state index in [2.05, 4.69) is 61.2 Å². The monoisotopic (exact) mass is 511 g/mol. The van der Waals surface area contributed by atoms with Crippen LogP contribution in [0.3, 0.4) is 0 Å². The normalized spacial score (nSPS) is 26.9. The van der Waals surface area contributed by atoms with Crippen molar-refractivity contribution >= 4 is 36.8 Å². The second-order valence-corrected chi connectivity index (χ2v) is 16.3. The van der Waals surface area contributed by atoms with Gasteiger partial charge in [-0.05, 0) is 50.0 Å². The first kappa shape index (κ1) is 25.8. The van der Waals surface area contributed by atoms with Crippen LogP contribution in [0.5, 0.6) is 0 Å². The molecule has 11 heteroatoms. The van der Waals surface area contributed by atoms with E-state index in [0.29, 0.717) is 24.6 Å². The summed E-state index contributed by atoms with van der Waals surface area (Å²) in [4.78, 5) is 8.78. The van der Waals surface area contributed by atoms with Crippen molar-refractivity contribution in [1.29, 1.82) is 0 Å². The van der Waals surface area contributed by atoms with E-state index in [-0.39, 0.29) is 34.7 Å². The number of hydrogen-bond donors (Lipinski definition) is 1. The summed E-state index contributed by atoms with van der Waals surface area (Å²) in [6.45, 7) is 18.9. The van der Waals surface area contributed by atoms with E-state index >= 15 is 0 Å². The lowest BCUT2D eigenvalue weighted by Crippen LogP contribution is -2.44. The fraction of sp³-hybridized carbons (Fsp3) is 0.783. The fourth-order valence-corrected chi connectivity index (χ4v) is 5.35. The number of rotatable bonds is 8. The van der Waals surface area contributed by atoms with Crippen LogP contribution in [0.4, 0.5) is 5.82 Å². The van der Waals surface area contributed by atoms with Crippen LogP contribution in [0, 0.1) is 0 Å². The molecule has 0 saturated carbocycles. The number of hydrogen-bond acceptors (Lipinski definition) is 8. The topological polar surface area (TPSA) is 92.6 Å². The first-order chi connectivity index (χ1) is 15.8. The van der Waals surface area contributed by atoms with Gasteiger partial charge >= 0.3 is 0 Å². The average molecular weight is 512 g/mol. The summed E-state index contributed by atoms with van der Waals surface area (Å²) in [5.41, 5.74) is 0.665. The molecule has 9 nitrogen and oxygen atoms in total. The predicted molar refractivity (Wildman–Crippen MR) is 135 cm³/mol. The van der Waals surface area contributed by atoms with Crippen molar-refractivity contribution in [2.45, 2.75) is 103 Å². The number of halogens is 1. The van der Waals surface area contributed by atoms with Crippen molar-refractivity contribution in [2.75, 3.05) is 18.5 Å². The van der Waals surface area contributed by atoms with E-state index in [0.717, 1.165) is 18.4 Å². The Hall–Kier alpha value is -1.30. The quantitative estimate of drug-likeness (QED) is 0.405. The van der Waals surface area contributed by atoms with Crippen LogP contribution in [-0.4, -0.2) is 71.4 Å². The first-order valence-corrected chi connectivity index (χ1v) is 15.4. The third-order valence-corrected chi connectivity index (χ3v) is 11.7. The minimum atomic E-state index is -1.93. The molecule has 2 aromatic rings. The molecule has 2 fully saturated rings. The maximum absolute atomic E-state index is 6.49. The van der Waals surface area contributed by atoms with Crippen LogP contribution in [-0.2, 0) is 25.2 Å². The lowest BCUT2D eigenvalue weighted by Gasteiger charge is -2.37. The molecule has 0 amide bonds. The Balaban J connectivity index is 1.55. The van der Waals surface area contributed by atoms with Gasteiger partial charge in [0.15, 0.2) is 19.8 Å². The fourth-order valence-electron chi connectivity index (χ4n) is 4.17. The van der Waals surface area contributed by atoms with E-state index in [1.165, 1.54) is 0 Å². The summed E-state index contributed by atoms with van der Waals surface area (Å²) >= 11 is 6.23. The van der Waals surface area contributed by atoms with Crippen molar-refractivity contribution in [2.24, 2.45) is 0 Å². The summed E-state index contributed by atoms with van der Waals surface area (Å²) in [5, 5.41) is 9.01. The summed E-state index contributed by atoms with van der Waals surface area (Å²) in [6, 6.07) is 0. The molecule has 0 unspecified atom stereocenters. The zero-order chi connectivity index (χ0) is 24.9. The van der Waals surface area contributed by atoms with Gasteiger partial charge in [-0.2, -0.15) is 15.1 Å². The van der Waals surface area contributed by atoms with Gasteiger partial charge in [0.05, 0.1) is 24.7 Å². The highest BCUT2D eigenvalue weighted by molar-refractivity contribution is 6.74. The molecule has 4 atom stereocenters. The second-order valence-electron chi connectivity index (χ2n) is 11.2. The zero-order valence-electron chi connectivity index (χ0n) is 21.5. The van der Waals surface area contributed by atoms with Crippen molar-refractivity contribution in [1.82, 2.24) is 19.7 Å². The van der Waals surface area contributed by atoms with E-state index in [4.69, 9.17) is 30.2 Å². The Morgan fingerprint density at radius 3 is 2.50 bits per heavy atom. The maximum atomic E-state index is 6.49. The van der Waals surface area contributed by atoms with Crippen LogP contribution >= 0.6 is 11.6 Å². The number of fused-ring (bicyclic) bond motifs is 2. The molecule has 2 aliphatic rings. The second kappa shape index (κ2) is 9.29. The Labute approximate surface area is 208 Å². The van der Waals surface area contributed by atoms with Gasteiger partial charge in [-0.3, -0.25) is 0 Å². The SMILES string of the molecule is CCCNc1nc(Cl)nc2c1cnn2C[C@H]1O[C@H](CO[Si](C)(C)C(C)(C)C)[C@H]2OC(C)(C)O[C@H]21. The number of ether oxygens (including phenoxy) is 3. The molecule has 4 rings (SSSR count). The van der Waals surface area contributed by atoms with Crippen molar-refractivity contribution in [3.63, 3.8) is 0 Å². The highest BCUT2D eigenvalue weighted by Crippen LogP contribution is 2.41. The molecule has 0 spiro atoms. The van der Waals surface area contributed by atoms with Crippen LogP contribution in [0.15, 0.2) is 6.20 Å². The van der Waals surface area contributed by atoms with Gasteiger partial charge in [-0.1, -0.05) is 27.7 Å². The summed E-state index contributed by atoms with van der Waals surface area (Å²) in [5.74, 6) is 0.0112. The molecule has 34 heavy (non-hydrogen) atoms. The molecule has 2 aliphatic heterocycles. The smallest absolute Gasteiger partial charge is 0.226 e. The minimum Gasteiger partial charge on any atom is -0.414 e. The zero-order valence-corrected chi connectivity index (χ0v) is 23.3. The van der Waals surface area contributed by atoms with Crippen molar-refractivity contribution < 1.29 is 18.6 Å². The van der Waals surface area contributed by atoms with E-state index in [1.807, 2.05) is 18.5 Å². The van der Waals surface area contributed by atoms with Gasteiger partial charge in [0.25, 0.3) is 0 Å². The first-order valence-electron chi connectivity index (χ1n) is 12.1. The molecule has 0 aromatic carbocycles. The molecule has 4 heterocycles. The molecule has 0 bridgehead atoms. The molecular weight excluding hydrogens is 474 g/mol. The van der Waals surface area contributed by atoms with Gasteiger partial charge in [-0.25, -0.2) is 4.68 Å². The Kier molecular flexibility index (Phi) is 7.05. The summed E-state index contributed by atoms with van der Waals surface area (Å²) < 4.78 is 27.3. The Bertz CT molecular complexity index is 1020. The minimum absolute atomic E-state index is 0.118. The average Bonchev–Trinajstić information content (AvgIpc) is 3.36. The standard InChI is InChI=1S/C23H38ClN5O4Si/c1-9-10-25-19-14-11-26-29(20(14)28-21(24)27-19)12-15-17-18(33-23(5,6)32-17)16(31-15)13-30-34(7,8)22(2,3)4/h11,15-18H,9-10,12-13H2,1-8H3,(H,25,27,28)/t15-,16-,17+,18-/m1/s1. The highest BCUT2D eigenvalue weighted by atomic mass is 35.5. The summed E-state index contributed by atoms with van der Waals surface area (Å²) in [6.07, 6.45) is 1.84. The van der Waals surface area contributed by atoms with Gasteiger partial charge in [0, 0.05) is 6.54 Å². The van der Waals surface area contributed by atoms with Crippen LogP contribution in [0.1, 0.15) is 48.0 Å². The highest BCUT2D eigenvalue weighted by Gasteiger charge is 2.55. The van der Waals surface area contributed by atoms with Crippen LogP contribution in [0.25, 0.3) is 11.0 Å². The molecule has 2 saturated heterocycles. The Morgan fingerprint density at radius 2 is 1.85 bits per heavy atom. The van der Waals surface area contributed by atoms with Gasteiger partial charge in [0.2, 0.25) is 5.28 Å². The molecule has 0 aliphatic carbocycles. The van der Waals surface area contributed by atoms with Gasteiger partial charge in [-0.15, -0.1) is 0 Å². The maximum Gasteiger partial charge on any atom is 0.226 e. The number of nitrogens with one attached hydrogen (secondary N) is 1. The molecule has 0 radical (unpaired) electrons. The van der Waals surface area contributed by atoms with E-state index in [9.17, 15) is 0 Å². The van der Waals surface area contributed by atoms with E-state index in [1.54, 1.807) is 6.20 Å². The predicted octanol–water partition coefficient (Wildman–Crippen LogP) is 4.61. The third kappa shape index (κ3) is 5.12. The van der Waals surface area contributed by atoms with Crippen LogP contribution < -0.4 is 5.32 Å². The molecule has 1 N–H and O–H groups in total. The largest absolute Gasteiger partial charge is 0.414 e. The summed E-state index contributed by atoms with van der Waals surface area (Å²) in [7, 11) is -1.93. The van der Waals surface area contributed by atoms with Crippen molar-refractivity contribution in [3.05, 3.63) is 11.5 Å². The Morgan fingerprint density at radius 1 is 1.18 bits per heavy atom. The van der Waals surface area contributed by atoms with E-state index < -0.39 is 14.1 Å². The molecular formula is C23H38ClN5O4Si. The molecule has 2 aromatic heterocycles.